The van der Waals surface area contributed by atoms with E-state index in [4.69, 9.17) is 5.73 Å². The van der Waals surface area contributed by atoms with Gasteiger partial charge in [0.1, 0.15) is 0 Å². The zero-order chi connectivity index (χ0) is 14.4. The lowest BCUT2D eigenvalue weighted by Gasteiger charge is -2.31. The molecule has 4 heteroatoms. The van der Waals surface area contributed by atoms with Crippen molar-refractivity contribution >= 4 is 5.82 Å². The van der Waals surface area contributed by atoms with E-state index in [1.54, 1.807) is 0 Å². The highest BCUT2D eigenvalue weighted by atomic mass is 15.3. The molecule has 1 unspecified atom stereocenters. The van der Waals surface area contributed by atoms with Crippen LogP contribution in [0, 0.1) is 13.8 Å². The number of aryl methyl sites for hydroxylation is 1. The first-order valence-corrected chi connectivity index (χ1v) is 7.36. The molecule has 4 nitrogen and oxygen atoms in total. The van der Waals surface area contributed by atoms with Gasteiger partial charge in [0, 0.05) is 24.7 Å². The molecule has 0 fully saturated rings. The molecule has 0 bridgehead atoms. The predicted octanol–water partition coefficient (Wildman–Crippen LogP) is 2.96. The van der Waals surface area contributed by atoms with Gasteiger partial charge in [-0.25, -0.2) is 0 Å². The van der Waals surface area contributed by atoms with Crippen LogP contribution in [0.4, 0.5) is 5.82 Å². The Labute approximate surface area is 117 Å². The van der Waals surface area contributed by atoms with Gasteiger partial charge in [-0.2, -0.15) is 5.10 Å². The summed E-state index contributed by atoms with van der Waals surface area (Å²) in [5, 5.41) is 8.71. The average Bonchev–Trinajstić information content (AvgIpc) is 2.42. The van der Waals surface area contributed by atoms with Crippen LogP contribution in [0.1, 0.15) is 56.9 Å². The fraction of sp³-hybridized carbons (Fsp3) is 0.733. The fourth-order valence-corrected chi connectivity index (χ4v) is 2.20. The second-order valence-corrected chi connectivity index (χ2v) is 5.22. The van der Waals surface area contributed by atoms with Crippen LogP contribution >= 0.6 is 0 Å². The monoisotopic (exact) mass is 264 g/mol. The van der Waals surface area contributed by atoms with Gasteiger partial charge in [0.15, 0.2) is 5.82 Å². The number of nitrogens with two attached hydrogens (primary N) is 1. The Morgan fingerprint density at radius 1 is 1.21 bits per heavy atom. The van der Waals surface area contributed by atoms with Crippen molar-refractivity contribution in [2.75, 3.05) is 11.4 Å². The van der Waals surface area contributed by atoms with E-state index < -0.39 is 0 Å². The summed E-state index contributed by atoms with van der Waals surface area (Å²) in [7, 11) is 0. The lowest BCUT2D eigenvalue weighted by molar-refractivity contribution is 0.582. The van der Waals surface area contributed by atoms with Gasteiger partial charge < -0.3 is 10.6 Å². The van der Waals surface area contributed by atoms with Crippen LogP contribution in [-0.4, -0.2) is 22.8 Å². The largest absolute Gasteiger partial charge is 0.352 e. The summed E-state index contributed by atoms with van der Waals surface area (Å²) in [4.78, 5) is 2.37. The molecule has 0 saturated carbocycles. The molecule has 1 rings (SSSR count). The van der Waals surface area contributed by atoms with Gasteiger partial charge in [-0.05, 0) is 39.2 Å². The van der Waals surface area contributed by atoms with Crippen molar-refractivity contribution in [3.05, 3.63) is 16.8 Å². The number of unbranched alkanes of at least 4 members (excludes halogenated alkanes) is 1. The summed E-state index contributed by atoms with van der Waals surface area (Å²) >= 11 is 0. The van der Waals surface area contributed by atoms with Gasteiger partial charge in [0.25, 0.3) is 0 Å². The summed E-state index contributed by atoms with van der Waals surface area (Å²) in [6.07, 6.45) is 3.45. The third-order valence-electron chi connectivity index (χ3n) is 3.91. The molecule has 0 aromatic carbocycles. The highest BCUT2D eigenvalue weighted by molar-refractivity contribution is 5.51. The average molecular weight is 264 g/mol. The number of anilines is 1. The normalized spacial score (nSPS) is 12.5. The first-order chi connectivity index (χ1) is 9.06. The van der Waals surface area contributed by atoms with Crippen molar-refractivity contribution < 1.29 is 0 Å². The summed E-state index contributed by atoms with van der Waals surface area (Å²) in [6.45, 7) is 12.3. The van der Waals surface area contributed by atoms with Crippen molar-refractivity contribution in [2.24, 2.45) is 5.73 Å². The molecule has 0 aliphatic heterocycles. The highest BCUT2D eigenvalue weighted by Gasteiger charge is 2.19. The zero-order valence-corrected chi connectivity index (χ0v) is 13.0. The molecule has 1 aromatic rings. The smallest absolute Gasteiger partial charge is 0.156 e. The van der Waals surface area contributed by atoms with Gasteiger partial charge in [0.05, 0.1) is 5.69 Å². The van der Waals surface area contributed by atoms with Gasteiger partial charge in [-0.1, -0.05) is 20.3 Å². The lowest BCUT2D eigenvalue weighted by Crippen LogP contribution is -2.36. The second kappa shape index (κ2) is 7.43. The summed E-state index contributed by atoms with van der Waals surface area (Å²) in [5.74, 6) is 0.980. The first kappa shape index (κ1) is 15.9. The standard InChI is InChI=1S/C15H28N4/c1-6-8-9-19(11(3)7-2)15-14(10-16)12(4)13(5)17-18-15/h11H,6-10,16H2,1-5H3. The van der Waals surface area contributed by atoms with E-state index >= 15 is 0 Å². The van der Waals surface area contributed by atoms with Crippen LogP contribution in [0.5, 0.6) is 0 Å². The maximum atomic E-state index is 5.93. The van der Waals surface area contributed by atoms with E-state index in [1.807, 2.05) is 6.92 Å². The Kier molecular flexibility index (Phi) is 6.22. The molecule has 19 heavy (non-hydrogen) atoms. The van der Waals surface area contributed by atoms with E-state index in [1.165, 1.54) is 18.4 Å². The fourth-order valence-electron chi connectivity index (χ4n) is 2.20. The molecule has 0 radical (unpaired) electrons. The topological polar surface area (TPSA) is 55.0 Å². The molecule has 1 aromatic heterocycles. The van der Waals surface area contributed by atoms with Crippen molar-refractivity contribution in [1.29, 1.82) is 0 Å². The van der Waals surface area contributed by atoms with E-state index in [0.717, 1.165) is 30.0 Å². The van der Waals surface area contributed by atoms with E-state index in [9.17, 15) is 0 Å². The summed E-state index contributed by atoms with van der Waals surface area (Å²) in [6, 6.07) is 0.466. The van der Waals surface area contributed by atoms with Crippen LogP contribution in [-0.2, 0) is 6.54 Å². The Hall–Kier alpha value is -1.16. The minimum Gasteiger partial charge on any atom is -0.352 e. The van der Waals surface area contributed by atoms with Crippen LogP contribution in [0.15, 0.2) is 0 Å². The number of hydrogen-bond acceptors (Lipinski definition) is 4. The maximum absolute atomic E-state index is 5.93. The van der Waals surface area contributed by atoms with Gasteiger partial charge >= 0.3 is 0 Å². The molecular weight excluding hydrogens is 236 g/mol. The molecule has 1 heterocycles. The molecule has 2 N–H and O–H groups in total. The number of nitrogens with zero attached hydrogens (tertiary/aromatic N) is 3. The molecule has 0 aliphatic carbocycles. The molecule has 0 aliphatic rings. The molecule has 0 amide bonds. The SMILES string of the molecule is CCCCN(c1nnc(C)c(C)c1CN)C(C)CC. The van der Waals surface area contributed by atoms with E-state index in [-0.39, 0.29) is 0 Å². The van der Waals surface area contributed by atoms with E-state index in [0.29, 0.717) is 12.6 Å². The number of hydrogen-bond donors (Lipinski definition) is 1. The maximum Gasteiger partial charge on any atom is 0.156 e. The quantitative estimate of drug-likeness (QED) is 0.822. The Morgan fingerprint density at radius 3 is 2.42 bits per heavy atom. The number of rotatable bonds is 7. The molecule has 108 valence electrons. The van der Waals surface area contributed by atoms with Crippen molar-refractivity contribution in [3.63, 3.8) is 0 Å². The second-order valence-electron chi connectivity index (χ2n) is 5.22. The summed E-state index contributed by atoms with van der Waals surface area (Å²) < 4.78 is 0. The predicted molar refractivity (Wildman–Crippen MR) is 81.4 cm³/mol. The van der Waals surface area contributed by atoms with Crippen molar-refractivity contribution in [3.8, 4) is 0 Å². The zero-order valence-electron chi connectivity index (χ0n) is 13.0. The minimum atomic E-state index is 0.466. The van der Waals surface area contributed by atoms with Crippen LogP contribution in [0.3, 0.4) is 0 Å². The van der Waals surface area contributed by atoms with Crippen LogP contribution in [0.25, 0.3) is 0 Å². The minimum absolute atomic E-state index is 0.466. The Morgan fingerprint density at radius 2 is 1.89 bits per heavy atom. The molecular formula is C15H28N4. The lowest BCUT2D eigenvalue weighted by atomic mass is 10.1. The molecule has 0 spiro atoms. The van der Waals surface area contributed by atoms with Crippen LogP contribution in [0.2, 0.25) is 0 Å². The van der Waals surface area contributed by atoms with Crippen molar-refractivity contribution in [2.45, 2.75) is 66.5 Å². The third-order valence-corrected chi connectivity index (χ3v) is 3.91. The highest BCUT2D eigenvalue weighted by Crippen LogP contribution is 2.24. The van der Waals surface area contributed by atoms with Gasteiger partial charge in [-0.15, -0.1) is 5.10 Å². The first-order valence-electron chi connectivity index (χ1n) is 7.36. The van der Waals surface area contributed by atoms with E-state index in [2.05, 4.69) is 42.8 Å². The van der Waals surface area contributed by atoms with Crippen LogP contribution < -0.4 is 10.6 Å². The molecule has 1 atom stereocenters. The Bertz CT molecular complexity index is 403. The van der Waals surface area contributed by atoms with Gasteiger partial charge in [-0.3, -0.25) is 0 Å². The summed E-state index contributed by atoms with van der Waals surface area (Å²) in [5.41, 5.74) is 9.23. The Balaban J connectivity index is 3.17. The molecule has 0 saturated heterocycles. The van der Waals surface area contributed by atoms with Gasteiger partial charge in [0.2, 0.25) is 0 Å². The van der Waals surface area contributed by atoms with Crippen molar-refractivity contribution in [1.82, 2.24) is 10.2 Å². The third kappa shape index (κ3) is 3.66. The number of aromatic nitrogens is 2.